The standard InChI is InChI=1S/C20H20ClN3O3/c1-12-18(21)13(2)24(23-12)15-10-8-14(9-11-15)22-20(25)16-6-5-7-17(26-3)19(16)27-4/h5-11H,1-4H3,(H,22,25). The average molecular weight is 386 g/mol. The van der Waals surface area contributed by atoms with Crippen LogP contribution in [0.5, 0.6) is 11.5 Å². The summed E-state index contributed by atoms with van der Waals surface area (Å²) >= 11 is 6.21. The molecule has 0 saturated heterocycles. The Labute approximate surface area is 162 Å². The van der Waals surface area contributed by atoms with E-state index in [2.05, 4.69) is 10.4 Å². The van der Waals surface area contributed by atoms with Gasteiger partial charge in [0, 0.05) is 5.69 Å². The van der Waals surface area contributed by atoms with Crippen molar-refractivity contribution in [2.24, 2.45) is 0 Å². The molecule has 140 valence electrons. The Hall–Kier alpha value is -2.99. The van der Waals surface area contributed by atoms with E-state index in [0.717, 1.165) is 17.1 Å². The number of ether oxygens (including phenoxy) is 2. The maximum Gasteiger partial charge on any atom is 0.259 e. The largest absolute Gasteiger partial charge is 0.493 e. The van der Waals surface area contributed by atoms with Crippen molar-refractivity contribution in [1.82, 2.24) is 9.78 Å². The summed E-state index contributed by atoms with van der Waals surface area (Å²) in [7, 11) is 3.03. The third-order valence-corrected chi connectivity index (χ3v) is 4.77. The van der Waals surface area contributed by atoms with Crippen LogP contribution in [0.2, 0.25) is 5.02 Å². The molecule has 0 saturated carbocycles. The minimum absolute atomic E-state index is 0.285. The van der Waals surface area contributed by atoms with E-state index < -0.39 is 0 Å². The molecule has 0 fully saturated rings. The second-order valence-corrected chi connectivity index (χ2v) is 6.32. The summed E-state index contributed by atoms with van der Waals surface area (Å²) in [6.45, 7) is 3.77. The van der Waals surface area contributed by atoms with Crippen LogP contribution in [0.25, 0.3) is 5.69 Å². The van der Waals surface area contributed by atoms with E-state index in [9.17, 15) is 4.79 Å². The van der Waals surface area contributed by atoms with Gasteiger partial charge < -0.3 is 14.8 Å². The fourth-order valence-electron chi connectivity index (χ4n) is 2.83. The molecule has 0 atom stereocenters. The van der Waals surface area contributed by atoms with E-state index in [1.165, 1.54) is 14.2 Å². The molecule has 27 heavy (non-hydrogen) atoms. The van der Waals surface area contributed by atoms with Gasteiger partial charge in [-0.3, -0.25) is 4.79 Å². The topological polar surface area (TPSA) is 65.4 Å². The van der Waals surface area contributed by atoms with Gasteiger partial charge in [0.25, 0.3) is 5.91 Å². The molecule has 1 aromatic heterocycles. The van der Waals surface area contributed by atoms with Crippen molar-refractivity contribution >= 4 is 23.2 Å². The molecule has 6 nitrogen and oxygen atoms in total. The minimum Gasteiger partial charge on any atom is -0.493 e. The third-order valence-electron chi connectivity index (χ3n) is 4.22. The number of rotatable bonds is 5. The number of halogens is 1. The molecular weight excluding hydrogens is 366 g/mol. The lowest BCUT2D eigenvalue weighted by Crippen LogP contribution is -2.13. The van der Waals surface area contributed by atoms with Crippen LogP contribution >= 0.6 is 11.6 Å². The molecule has 0 aliphatic carbocycles. The summed E-state index contributed by atoms with van der Waals surface area (Å²) in [6.07, 6.45) is 0. The van der Waals surface area contributed by atoms with Crippen LogP contribution < -0.4 is 14.8 Å². The fraction of sp³-hybridized carbons (Fsp3) is 0.200. The normalized spacial score (nSPS) is 10.6. The maximum absolute atomic E-state index is 12.6. The first kappa shape index (κ1) is 18.8. The van der Waals surface area contributed by atoms with Crippen LogP contribution in [0.4, 0.5) is 5.69 Å². The number of anilines is 1. The van der Waals surface area contributed by atoms with Crippen molar-refractivity contribution in [3.8, 4) is 17.2 Å². The molecule has 3 rings (SSSR count). The fourth-order valence-corrected chi connectivity index (χ4v) is 2.94. The highest BCUT2D eigenvalue weighted by atomic mass is 35.5. The Morgan fingerprint density at radius 3 is 2.33 bits per heavy atom. The molecule has 0 radical (unpaired) electrons. The van der Waals surface area contributed by atoms with Gasteiger partial charge in [-0.2, -0.15) is 5.10 Å². The molecule has 0 bridgehead atoms. The zero-order valence-corrected chi connectivity index (χ0v) is 16.3. The van der Waals surface area contributed by atoms with Gasteiger partial charge in [-0.05, 0) is 50.2 Å². The SMILES string of the molecule is COc1cccc(C(=O)Nc2ccc(-n3nc(C)c(Cl)c3C)cc2)c1OC. The smallest absolute Gasteiger partial charge is 0.259 e. The van der Waals surface area contributed by atoms with Crippen molar-refractivity contribution in [3.63, 3.8) is 0 Å². The monoisotopic (exact) mass is 385 g/mol. The Morgan fingerprint density at radius 1 is 1.07 bits per heavy atom. The highest BCUT2D eigenvalue weighted by molar-refractivity contribution is 6.31. The van der Waals surface area contributed by atoms with Crippen LogP contribution in [0.1, 0.15) is 21.7 Å². The summed E-state index contributed by atoms with van der Waals surface area (Å²) in [5.74, 6) is 0.612. The van der Waals surface area contributed by atoms with Gasteiger partial charge in [0.15, 0.2) is 11.5 Å². The summed E-state index contributed by atoms with van der Waals surface area (Å²) in [6, 6.07) is 12.5. The highest BCUT2D eigenvalue weighted by Gasteiger charge is 2.17. The lowest BCUT2D eigenvalue weighted by atomic mass is 10.1. The number of hydrogen-bond donors (Lipinski definition) is 1. The van der Waals surface area contributed by atoms with Gasteiger partial charge in [0.2, 0.25) is 0 Å². The molecule has 3 aromatic rings. The molecule has 0 aliphatic rings. The molecule has 0 unspecified atom stereocenters. The maximum atomic E-state index is 12.6. The van der Waals surface area contributed by atoms with Crippen LogP contribution in [-0.2, 0) is 0 Å². The van der Waals surface area contributed by atoms with E-state index in [1.807, 2.05) is 38.1 Å². The molecule has 0 aliphatic heterocycles. The summed E-state index contributed by atoms with van der Waals surface area (Å²) in [5.41, 5.74) is 3.55. The second kappa shape index (κ2) is 7.72. The van der Waals surface area contributed by atoms with Gasteiger partial charge in [0.1, 0.15) is 0 Å². The van der Waals surface area contributed by atoms with E-state index in [0.29, 0.717) is 27.8 Å². The number of nitrogens with zero attached hydrogens (tertiary/aromatic N) is 2. The number of hydrogen-bond acceptors (Lipinski definition) is 4. The summed E-state index contributed by atoms with van der Waals surface area (Å²) in [4.78, 5) is 12.6. The first-order valence-electron chi connectivity index (χ1n) is 8.30. The number of methoxy groups -OCH3 is 2. The number of benzene rings is 2. The number of nitrogens with one attached hydrogen (secondary N) is 1. The van der Waals surface area contributed by atoms with Gasteiger partial charge in [-0.25, -0.2) is 4.68 Å². The summed E-state index contributed by atoms with van der Waals surface area (Å²) in [5, 5.41) is 7.94. The summed E-state index contributed by atoms with van der Waals surface area (Å²) < 4.78 is 12.3. The molecular formula is C20H20ClN3O3. The predicted octanol–water partition coefficient (Wildman–Crippen LogP) is 4.41. The van der Waals surface area contributed by atoms with E-state index in [4.69, 9.17) is 21.1 Å². The van der Waals surface area contributed by atoms with Crippen molar-refractivity contribution < 1.29 is 14.3 Å². The van der Waals surface area contributed by atoms with Crippen molar-refractivity contribution in [2.45, 2.75) is 13.8 Å². The van der Waals surface area contributed by atoms with E-state index in [-0.39, 0.29) is 5.91 Å². The Kier molecular flexibility index (Phi) is 5.37. The van der Waals surface area contributed by atoms with Crippen LogP contribution in [0.15, 0.2) is 42.5 Å². The Morgan fingerprint density at radius 2 is 1.78 bits per heavy atom. The quantitative estimate of drug-likeness (QED) is 0.706. The Bertz CT molecular complexity index is 981. The molecule has 7 heteroatoms. The lowest BCUT2D eigenvalue weighted by molar-refractivity contribution is 0.102. The first-order valence-corrected chi connectivity index (χ1v) is 8.68. The van der Waals surface area contributed by atoms with E-state index >= 15 is 0 Å². The minimum atomic E-state index is -0.285. The molecule has 2 aromatic carbocycles. The zero-order chi connectivity index (χ0) is 19.6. The highest BCUT2D eigenvalue weighted by Crippen LogP contribution is 2.31. The number of aromatic nitrogens is 2. The van der Waals surface area contributed by atoms with Crippen LogP contribution in [-0.4, -0.2) is 29.9 Å². The van der Waals surface area contributed by atoms with Gasteiger partial charge >= 0.3 is 0 Å². The number of carbonyl (C=O) groups is 1. The van der Waals surface area contributed by atoms with Crippen molar-refractivity contribution in [2.75, 3.05) is 19.5 Å². The zero-order valence-electron chi connectivity index (χ0n) is 15.5. The first-order chi connectivity index (χ1) is 13.0. The van der Waals surface area contributed by atoms with Crippen LogP contribution in [0.3, 0.4) is 0 Å². The molecule has 0 spiro atoms. The molecule has 1 N–H and O–H groups in total. The third kappa shape index (κ3) is 3.61. The predicted molar refractivity (Wildman–Crippen MR) is 106 cm³/mol. The lowest BCUT2D eigenvalue weighted by Gasteiger charge is -2.13. The number of amides is 1. The Balaban J connectivity index is 1.83. The van der Waals surface area contributed by atoms with Gasteiger partial charge in [-0.1, -0.05) is 17.7 Å². The number of aryl methyl sites for hydroxylation is 1. The number of para-hydroxylation sites is 1. The average Bonchev–Trinajstić information content (AvgIpc) is 2.95. The van der Waals surface area contributed by atoms with Crippen molar-refractivity contribution in [3.05, 3.63) is 64.4 Å². The van der Waals surface area contributed by atoms with Gasteiger partial charge in [-0.15, -0.1) is 0 Å². The van der Waals surface area contributed by atoms with Crippen molar-refractivity contribution in [1.29, 1.82) is 0 Å². The van der Waals surface area contributed by atoms with Crippen LogP contribution in [0, 0.1) is 13.8 Å². The van der Waals surface area contributed by atoms with E-state index in [1.54, 1.807) is 22.9 Å². The molecule has 1 heterocycles. The second-order valence-electron chi connectivity index (χ2n) is 5.94. The van der Waals surface area contributed by atoms with Gasteiger partial charge in [0.05, 0.1) is 41.9 Å². The number of carbonyl (C=O) groups excluding carboxylic acids is 1. The molecule has 1 amide bonds.